The van der Waals surface area contributed by atoms with E-state index < -0.39 is 0 Å². The van der Waals surface area contributed by atoms with Crippen molar-refractivity contribution >= 4 is 11.6 Å². The van der Waals surface area contributed by atoms with Crippen LogP contribution in [0, 0.1) is 5.82 Å². The molecule has 21 heavy (non-hydrogen) atoms. The summed E-state index contributed by atoms with van der Waals surface area (Å²) in [6.45, 7) is 0.410. The average Bonchev–Trinajstić information content (AvgIpc) is 3.22. The van der Waals surface area contributed by atoms with Crippen molar-refractivity contribution in [2.75, 3.05) is 12.3 Å². The summed E-state index contributed by atoms with van der Waals surface area (Å²) in [6, 6.07) is 6.33. The summed E-state index contributed by atoms with van der Waals surface area (Å²) in [4.78, 5) is 12.0. The molecule has 0 saturated heterocycles. The lowest BCUT2D eigenvalue weighted by Crippen LogP contribution is -2.26. The van der Waals surface area contributed by atoms with E-state index in [0.717, 1.165) is 24.1 Å². The average molecular weight is 288 g/mol. The Morgan fingerprint density at radius 3 is 3.00 bits per heavy atom. The van der Waals surface area contributed by atoms with Crippen molar-refractivity contribution in [3.05, 3.63) is 47.0 Å². The lowest BCUT2D eigenvalue weighted by atomic mass is 10.1. The van der Waals surface area contributed by atoms with Crippen molar-refractivity contribution in [2.24, 2.45) is 0 Å². The predicted molar refractivity (Wildman–Crippen MR) is 77.4 cm³/mol. The van der Waals surface area contributed by atoms with Gasteiger partial charge in [0.25, 0.3) is 5.91 Å². The molecule has 1 amide bonds. The fraction of sp³-hybridized carbons (Fsp3) is 0.333. The number of aromatic amines is 1. The number of carbonyl (C=O) groups is 1. The Bertz CT molecular complexity index is 663. The summed E-state index contributed by atoms with van der Waals surface area (Å²) in [5.74, 6) is -0.150. The standard InChI is InChI=1S/C15H17FN4O/c16-11-3-1-2-9(8-11)6-7-18-15(21)14-12(17)13(19-20-14)10-4-5-10/h1-3,8,10H,4-7,17H2,(H,18,21)(H,19,20). The fourth-order valence-electron chi connectivity index (χ4n) is 2.32. The SMILES string of the molecule is Nc1c(C(=O)NCCc2cccc(F)c2)n[nH]c1C1CC1. The number of hydrogen-bond acceptors (Lipinski definition) is 3. The molecule has 0 unspecified atom stereocenters. The first-order valence-electron chi connectivity index (χ1n) is 7.01. The molecule has 1 aliphatic carbocycles. The fourth-order valence-corrected chi connectivity index (χ4v) is 2.32. The molecule has 6 heteroatoms. The van der Waals surface area contributed by atoms with Crippen LogP contribution < -0.4 is 11.1 Å². The summed E-state index contributed by atoms with van der Waals surface area (Å²) in [5.41, 5.74) is 8.34. The quantitative estimate of drug-likeness (QED) is 0.786. The molecule has 1 aliphatic rings. The van der Waals surface area contributed by atoms with E-state index in [1.54, 1.807) is 6.07 Å². The van der Waals surface area contributed by atoms with Gasteiger partial charge in [0.05, 0.1) is 11.4 Å². The van der Waals surface area contributed by atoms with E-state index in [0.29, 0.717) is 24.6 Å². The number of nitrogens with two attached hydrogens (primary N) is 1. The first kappa shape index (κ1) is 13.6. The van der Waals surface area contributed by atoms with Crippen LogP contribution in [0.25, 0.3) is 0 Å². The van der Waals surface area contributed by atoms with Crippen LogP contribution >= 0.6 is 0 Å². The van der Waals surface area contributed by atoms with Crippen molar-refractivity contribution in [3.63, 3.8) is 0 Å². The summed E-state index contributed by atoms with van der Waals surface area (Å²) in [6.07, 6.45) is 2.74. The normalized spacial score (nSPS) is 14.1. The van der Waals surface area contributed by atoms with Gasteiger partial charge >= 0.3 is 0 Å². The predicted octanol–water partition coefficient (Wildman–Crippen LogP) is 1.98. The van der Waals surface area contributed by atoms with Gasteiger partial charge in [0, 0.05) is 12.5 Å². The molecule has 110 valence electrons. The molecular formula is C15H17FN4O. The Morgan fingerprint density at radius 1 is 1.48 bits per heavy atom. The van der Waals surface area contributed by atoms with Crippen LogP contribution in [0.15, 0.2) is 24.3 Å². The minimum Gasteiger partial charge on any atom is -0.395 e. The Labute approximate surface area is 121 Å². The van der Waals surface area contributed by atoms with Gasteiger partial charge in [-0.1, -0.05) is 12.1 Å². The van der Waals surface area contributed by atoms with E-state index in [-0.39, 0.29) is 17.4 Å². The van der Waals surface area contributed by atoms with Gasteiger partial charge in [-0.2, -0.15) is 5.10 Å². The largest absolute Gasteiger partial charge is 0.395 e. The van der Waals surface area contributed by atoms with E-state index in [2.05, 4.69) is 15.5 Å². The minimum absolute atomic E-state index is 0.246. The maximum Gasteiger partial charge on any atom is 0.273 e. The molecule has 4 N–H and O–H groups in total. The second-order valence-corrected chi connectivity index (χ2v) is 5.31. The van der Waals surface area contributed by atoms with Crippen LogP contribution in [0.4, 0.5) is 10.1 Å². The van der Waals surface area contributed by atoms with Crippen LogP contribution in [-0.4, -0.2) is 22.6 Å². The highest BCUT2D eigenvalue weighted by Gasteiger charge is 2.30. The number of benzene rings is 1. The number of H-pyrrole nitrogens is 1. The zero-order valence-corrected chi connectivity index (χ0v) is 11.5. The van der Waals surface area contributed by atoms with Crippen molar-refractivity contribution in [1.29, 1.82) is 0 Å². The number of nitrogen functional groups attached to an aromatic ring is 1. The number of anilines is 1. The van der Waals surface area contributed by atoms with E-state index >= 15 is 0 Å². The van der Waals surface area contributed by atoms with E-state index in [1.807, 2.05) is 6.07 Å². The van der Waals surface area contributed by atoms with Crippen LogP contribution in [-0.2, 0) is 6.42 Å². The summed E-state index contributed by atoms with van der Waals surface area (Å²) >= 11 is 0. The van der Waals surface area contributed by atoms with Crippen LogP contribution in [0.5, 0.6) is 0 Å². The van der Waals surface area contributed by atoms with E-state index in [1.165, 1.54) is 12.1 Å². The lowest BCUT2D eigenvalue weighted by Gasteiger charge is -2.04. The molecule has 1 aromatic heterocycles. The Morgan fingerprint density at radius 2 is 2.29 bits per heavy atom. The summed E-state index contributed by atoms with van der Waals surface area (Å²) in [7, 11) is 0. The highest BCUT2D eigenvalue weighted by molar-refractivity contribution is 5.97. The Kier molecular flexibility index (Phi) is 3.60. The molecule has 3 rings (SSSR count). The number of halogens is 1. The molecule has 5 nitrogen and oxygen atoms in total. The Balaban J connectivity index is 1.57. The van der Waals surface area contributed by atoms with Gasteiger partial charge in [0.1, 0.15) is 5.82 Å². The van der Waals surface area contributed by atoms with Gasteiger partial charge in [-0.3, -0.25) is 9.89 Å². The van der Waals surface area contributed by atoms with Gasteiger partial charge in [-0.05, 0) is 37.0 Å². The first-order chi connectivity index (χ1) is 10.1. The molecular weight excluding hydrogens is 271 g/mol. The molecule has 1 aromatic carbocycles. The van der Waals surface area contributed by atoms with E-state index in [9.17, 15) is 9.18 Å². The van der Waals surface area contributed by atoms with Crippen LogP contribution in [0.2, 0.25) is 0 Å². The molecule has 1 fully saturated rings. The lowest BCUT2D eigenvalue weighted by molar-refractivity contribution is 0.0950. The third kappa shape index (κ3) is 3.04. The van der Waals surface area contributed by atoms with Gasteiger partial charge in [-0.15, -0.1) is 0 Å². The van der Waals surface area contributed by atoms with Gasteiger partial charge in [-0.25, -0.2) is 4.39 Å². The third-order valence-corrected chi connectivity index (χ3v) is 3.62. The van der Waals surface area contributed by atoms with Crippen LogP contribution in [0.1, 0.15) is 40.5 Å². The summed E-state index contributed by atoms with van der Waals surface area (Å²) < 4.78 is 13.0. The van der Waals surface area contributed by atoms with Crippen molar-refractivity contribution < 1.29 is 9.18 Å². The van der Waals surface area contributed by atoms with Crippen molar-refractivity contribution in [1.82, 2.24) is 15.5 Å². The van der Waals surface area contributed by atoms with E-state index in [4.69, 9.17) is 5.73 Å². The number of hydrogen-bond donors (Lipinski definition) is 3. The van der Waals surface area contributed by atoms with Crippen molar-refractivity contribution in [2.45, 2.75) is 25.2 Å². The van der Waals surface area contributed by atoms with Crippen molar-refractivity contribution in [3.8, 4) is 0 Å². The molecule has 0 aliphatic heterocycles. The maximum absolute atomic E-state index is 13.0. The molecule has 2 aromatic rings. The first-order valence-corrected chi connectivity index (χ1v) is 7.01. The highest BCUT2D eigenvalue weighted by Crippen LogP contribution is 2.42. The molecule has 0 spiro atoms. The molecule has 0 radical (unpaired) electrons. The molecule has 1 saturated carbocycles. The molecule has 0 atom stereocenters. The maximum atomic E-state index is 13.0. The second-order valence-electron chi connectivity index (χ2n) is 5.31. The zero-order valence-electron chi connectivity index (χ0n) is 11.5. The monoisotopic (exact) mass is 288 g/mol. The number of nitrogens with one attached hydrogen (secondary N) is 2. The number of nitrogens with zero attached hydrogens (tertiary/aromatic N) is 1. The topological polar surface area (TPSA) is 83.8 Å². The van der Waals surface area contributed by atoms with Gasteiger partial charge in [0.2, 0.25) is 0 Å². The van der Waals surface area contributed by atoms with Gasteiger partial charge in [0.15, 0.2) is 5.69 Å². The second kappa shape index (κ2) is 5.55. The van der Waals surface area contributed by atoms with Crippen LogP contribution in [0.3, 0.4) is 0 Å². The number of carbonyl (C=O) groups excluding carboxylic acids is 1. The highest BCUT2D eigenvalue weighted by atomic mass is 19.1. The Hall–Kier alpha value is -2.37. The number of rotatable bonds is 5. The third-order valence-electron chi connectivity index (χ3n) is 3.62. The number of aromatic nitrogens is 2. The molecule has 1 heterocycles. The van der Waals surface area contributed by atoms with Gasteiger partial charge < -0.3 is 11.1 Å². The smallest absolute Gasteiger partial charge is 0.273 e. The number of amides is 1. The molecule has 0 bridgehead atoms. The zero-order chi connectivity index (χ0) is 14.8. The minimum atomic E-state index is -0.299. The summed E-state index contributed by atoms with van der Waals surface area (Å²) in [5, 5.41) is 9.60.